The molecule has 3 nitrogen and oxygen atoms in total. The summed E-state index contributed by atoms with van der Waals surface area (Å²) in [6.07, 6.45) is -3.73. The highest BCUT2D eigenvalue weighted by Crippen LogP contribution is 2.28. The van der Waals surface area contributed by atoms with Gasteiger partial charge < -0.3 is 5.73 Å². The Morgan fingerprint density at radius 1 is 1.57 bits per heavy atom. The van der Waals surface area contributed by atoms with Crippen LogP contribution in [-0.4, -0.2) is 16.0 Å². The highest BCUT2D eigenvalue weighted by atomic mass is 19.4. The third-order valence-corrected chi connectivity index (χ3v) is 1.90. The predicted molar refractivity (Wildman–Crippen MR) is 45.5 cm³/mol. The van der Waals surface area contributed by atoms with Crippen molar-refractivity contribution in [1.82, 2.24) is 9.78 Å². The molecule has 1 rings (SSSR count). The van der Waals surface area contributed by atoms with Gasteiger partial charge in [0.25, 0.3) is 0 Å². The minimum absolute atomic E-state index is 0.449. The van der Waals surface area contributed by atoms with Crippen LogP contribution in [0.4, 0.5) is 13.2 Å². The van der Waals surface area contributed by atoms with Gasteiger partial charge in [-0.25, -0.2) is 0 Å². The first-order valence-electron chi connectivity index (χ1n) is 4.12. The first-order chi connectivity index (χ1) is 6.29. The lowest BCUT2D eigenvalue weighted by Gasteiger charge is -2.12. The minimum Gasteiger partial charge on any atom is -0.324 e. The molecule has 0 bridgehead atoms. The Morgan fingerprint density at radius 3 is 2.50 bits per heavy atom. The summed E-state index contributed by atoms with van der Waals surface area (Å²) in [5, 5.41) is 3.93. The van der Waals surface area contributed by atoms with E-state index in [1.165, 1.54) is 10.9 Å². The molecule has 0 aliphatic heterocycles. The number of rotatable bonds is 2. The molecule has 0 spiro atoms. The maximum absolute atomic E-state index is 12.0. The van der Waals surface area contributed by atoms with Crippen LogP contribution in [0, 0.1) is 6.92 Å². The summed E-state index contributed by atoms with van der Waals surface area (Å²) in [6.45, 7) is 1.64. The van der Waals surface area contributed by atoms with Crippen LogP contribution in [0.1, 0.15) is 23.7 Å². The van der Waals surface area contributed by atoms with Gasteiger partial charge in [0.05, 0.1) is 12.1 Å². The van der Waals surface area contributed by atoms with E-state index in [4.69, 9.17) is 5.73 Å². The highest BCUT2D eigenvalue weighted by Gasteiger charge is 2.31. The summed E-state index contributed by atoms with van der Waals surface area (Å²) in [6, 6.07) is -1.02. The Hall–Kier alpha value is -1.04. The third-order valence-electron chi connectivity index (χ3n) is 1.90. The lowest BCUT2D eigenvalue weighted by atomic mass is 10.1. The summed E-state index contributed by atoms with van der Waals surface area (Å²) >= 11 is 0. The molecule has 0 aliphatic carbocycles. The fourth-order valence-corrected chi connectivity index (χ4v) is 1.34. The van der Waals surface area contributed by atoms with Gasteiger partial charge in [-0.2, -0.15) is 18.3 Å². The number of aromatic nitrogens is 2. The molecule has 6 heteroatoms. The van der Waals surface area contributed by atoms with Gasteiger partial charge in [0.15, 0.2) is 0 Å². The molecule has 1 atom stereocenters. The van der Waals surface area contributed by atoms with Crippen LogP contribution in [0.2, 0.25) is 0 Å². The number of nitrogens with zero attached hydrogens (tertiary/aromatic N) is 2. The maximum Gasteiger partial charge on any atom is 0.390 e. The largest absolute Gasteiger partial charge is 0.390 e. The predicted octanol–water partition coefficient (Wildman–Crippen LogP) is 1.68. The molecule has 0 saturated heterocycles. The summed E-state index contributed by atoms with van der Waals surface area (Å²) in [7, 11) is 1.65. The molecule has 0 fully saturated rings. The molecular formula is C8H12F3N3. The molecule has 0 unspecified atom stereocenters. The van der Waals surface area contributed by atoms with Crippen molar-refractivity contribution >= 4 is 0 Å². The van der Waals surface area contributed by atoms with E-state index in [1.54, 1.807) is 14.0 Å². The molecule has 0 aromatic carbocycles. The normalized spacial score (nSPS) is 14.4. The van der Waals surface area contributed by atoms with Gasteiger partial charge in [-0.05, 0) is 6.92 Å². The van der Waals surface area contributed by atoms with Gasteiger partial charge in [-0.15, -0.1) is 0 Å². The Morgan fingerprint density at radius 2 is 2.14 bits per heavy atom. The number of halogens is 3. The summed E-state index contributed by atoms with van der Waals surface area (Å²) in [4.78, 5) is 0. The van der Waals surface area contributed by atoms with Crippen LogP contribution >= 0.6 is 0 Å². The van der Waals surface area contributed by atoms with E-state index in [0.29, 0.717) is 11.3 Å². The topological polar surface area (TPSA) is 43.8 Å². The van der Waals surface area contributed by atoms with E-state index in [1.807, 2.05) is 0 Å². The van der Waals surface area contributed by atoms with E-state index in [9.17, 15) is 13.2 Å². The van der Waals surface area contributed by atoms with Gasteiger partial charge in [-0.1, -0.05) is 0 Å². The van der Waals surface area contributed by atoms with Crippen LogP contribution < -0.4 is 5.73 Å². The zero-order valence-corrected chi connectivity index (χ0v) is 7.97. The summed E-state index contributed by atoms with van der Waals surface area (Å²) < 4.78 is 37.5. The third kappa shape index (κ3) is 2.73. The second-order valence-electron chi connectivity index (χ2n) is 3.27. The molecule has 0 radical (unpaired) electrons. The van der Waals surface area contributed by atoms with Crippen LogP contribution in [0.25, 0.3) is 0 Å². The second kappa shape index (κ2) is 3.61. The number of hydrogen-bond donors (Lipinski definition) is 1. The summed E-state index contributed by atoms with van der Waals surface area (Å²) in [5.41, 5.74) is 6.42. The molecule has 0 aliphatic rings. The van der Waals surface area contributed by atoms with Gasteiger partial charge in [-0.3, -0.25) is 4.68 Å². The molecule has 1 aromatic heterocycles. The molecule has 1 heterocycles. The molecule has 0 amide bonds. The van der Waals surface area contributed by atoms with Gasteiger partial charge in [0, 0.05) is 24.8 Å². The number of aryl methyl sites for hydroxylation is 2. The van der Waals surface area contributed by atoms with Crippen molar-refractivity contribution in [2.24, 2.45) is 12.8 Å². The Kier molecular flexibility index (Phi) is 2.84. The lowest BCUT2D eigenvalue weighted by molar-refractivity contribution is -0.138. The van der Waals surface area contributed by atoms with E-state index < -0.39 is 18.6 Å². The zero-order valence-electron chi connectivity index (χ0n) is 7.97. The fourth-order valence-electron chi connectivity index (χ4n) is 1.34. The van der Waals surface area contributed by atoms with Gasteiger partial charge in [0.1, 0.15) is 0 Å². The van der Waals surface area contributed by atoms with E-state index in [-0.39, 0.29) is 0 Å². The number of alkyl halides is 3. The quantitative estimate of drug-likeness (QED) is 0.801. The monoisotopic (exact) mass is 207 g/mol. The molecule has 80 valence electrons. The number of nitrogens with two attached hydrogens (primary N) is 1. The van der Waals surface area contributed by atoms with Crippen LogP contribution in [-0.2, 0) is 7.05 Å². The van der Waals surface area contributed by atoms with Crippen molar-refractivity contribution < 1.29 is 13.2 Å². The molecule has 0 saturated carbocycles. The standard InChI is InChI=1S/C8H12F3N3/c1-5-6(4-14(2)13-5)7(12)3-8(9,10)11/h4,7H,3,12H2,1-2H3/t7-/m1/s1. The first-order valence-corrected chi connectivity index (χ1v) is 4.12. The zero-order chi connectivity index (χ0) is 10.9. The van der Waals surface area contributed by atoms with Crippen molar-refractivity contribution in [3.05, 3.63) is 17.5 Å². The van der Waals surface area contributed by atoms with Crippen molar-refractivity contribution in [2.75, 3.05) is 0 Å². The van der Waals surface area contributed by atoms with E-state index in [2.05, 4.69) is 5.10 Å². The molecular weight excluding hydrogens is 195 g/mol. The van der Waals surface area contributed by atoms with Crippen molar-refractivity contribution in [2.45, 2.75) is 25.6 Å². The number of hydrogen-bond acceptors (Lipinski definition) is 2. The minimum atomic E-state index is -4.23. The van der Waals surface area contributed by atoms with Crippen molar-refractivity contribution in [1.29, 1.82) is 0 Å². The average Bonchev–Trinajstić information content (AvgIpc) is 2.26. The van der Waals surface area contributed by atoms with Crippen LogP contribution in [0.3, 0.4) is 0 Å². The SMILES string of the molecule is Cc1nn(C)cc1[C@H](N)CC(F)(F)F. The first kappa shape index (κ1) is 11.0. The van der Waals surface area contributed by atoms with Gasteiger partial charge in [0.2, 0.25) is 0 Å². The Bertz CT molecular complexity index is 316. The van der Waals surface area contributed by atoms with Crippen molar-refractivity contribution in [3.8, 4) is 0 Å². The Balaban J connectivity index is 2.79. The van der Waals surface area contributed by atoms with Gasteiger partial charge >= 0.3 is 6.18 Å². The summed E-state index contributed by atoms with van der Waals surface area (Å²) in [5.74, 6) is 0. The second-order valence-corrected chi connectivity index (χ2v) is 3.27. The average molecular weight is 207 g/mol. The highest BCUT2D eigenvalue weighted by molar-refractivity contribution is 5.19. The van der Waals surface area contributed by atoms with Crippen molar-refractivity contribution in [3.63, 3.8) is 0 Å². The van der Waals surface area contributed by atoms with E-state index >= 15 is 0 Å². The smallest absolute Gasteiger partial charge is 0.324 e. The van der Waals surface area contributed by atoms with Crippen LogP contribution in [0.5, 0.6) is 0 Å². The molecule has 1 aromatic rings. The maximum atomic E-state index is 12.0. The molecule has 14 heavy (non-hydrogen) atoms. The Labute approximate surface area is 79.7 Å². The fraction of sp³-hybridized carbons (Fsp3) is 0.625. The molecule has 2 N–H and O–H groups in total. The lowest BCUT2D eigenvalue weighted by Crippen LogP contribution is -2.20. The van der Waals surface area contributed by atoms with E-state index in [0.717, 1.165) is 0 Å². The van der Waals surface area contributed by atoms with Crippen LogP contribution in [0.15, 0.2) is 6.20 Å².